The minimum Gasteiger partial charge on any atom is -0.507 e. The Hall–Kier alpha value is -1.31. The molecule has 2 bridgehead atoms. The number of benzene rings is 1. The van der Waals surface area contributed by atoms with Crippen molar-refractivity contribution in [2.24, 2.45) is 5.92 Å². The Morgan fingerprint density at radius 2 is 2.07 bits per heavy atom. The summed E-state index contributed by atoms with van der Waals surface area (Å²) in [6.45, 7) is 0. The fourth-order valence-electron chi connectivity index (χ4n) is 2.81. The smallest absolute Gasteiger partial charge is 0.153 e. The summed E-state index contributed by atoms with van der Waals surface area (Å²) in [6, 6.07) is 5.44. The molecule has 2 nitrogen and oxygen atoms in total. The lowest BCUT2D eigenvalue weighted by Crippen LogP contribution is -2.55. The largest absolute Gasteiger partial charge is 0.507 e. The van der Waals surface area contributed by atoms with Crippen LogP contribution in [0.3, 0.4) is 0 Å². The third-order valence-corrected chi connectivity index (χ3v) is 3.81. The molecule has 4 rings (SSSR count). The minimum atomic E-state index is 0.0929. The Bertz CT molecular complexity index is 392. The van der Waals surface area contributed by atoms with Crippen LogP contribution in [-0.4, -0.2) is 11.4 Å². The number of aromatic hydroxyl groups is 1. The van der Waals surface area contributed by atoms with Gasteiger partial charge in [-0.2, -0.15) is 0 Å². The molecule has 2 heteroatoms. The molecule has 0 unspecified atom stereocenters. The van der Waals surface area contributed by atoms with Crippen LogP contribution in [0, 0.1) is 5.92 Å². The van der Waals surface area contributed by atoms with Crippen LogP contribution in [0.1, 0.15) is 35.2 Å². The maximum Gasteiger partial charge on any atom is 0.153 e. The van der Waals surface area contributed by atoms with Crippen LogP contribution >= 0.6 is 0 Å². The summed E-state index contributed by atoms with van der Waals surface area (Å²) in [5.41, 5.74) is 2.03. The second-order valence-electron chi connectivity index (χ2n) is 4.65. The molecule has 1 aromatic carbocycles. The van der Waals surface area contributed by atoms with E-state index in [0.29, 0.717) is 11.0 Å². The number of phenols is 1. The van der Waals surface area contributed by atoms with Crippen molar-refractivity contribution in [1.82, 2.24) is 0 Å². The van der Waals surface area contributed by atoms with Crippen molar-refractivity contribution in [3.8, 4) is 5.75 Å². The van der Waals surface area contributed by atoms with Gasteiger partial charge in [0.15, 0.2) is 6.29 Å². The molecule has 0 atom stereocenters. The van der Waals surface area contributed by atoms with E-state index in [-0.39, 0.29) is 5.75 Å². The van der Waals surface area contributed by atoms with E-state index in [1.807, 2.05) is 12.1 Å². The van der Waals surface area contributed by atoms with Gasteiger partial charge >= 0.3 is 0 Å². The highest BCUT2D eigenvalue weighted by molar-refractivity contribution is 5.79. The molecule has 0 radical (unpaired) electrons. The van der Waals surface area contributed by atoms with Crippen LogP contribution in [-0.2, 0) is 5.41 Å². The van der Waals surface area contributed by atoms with E-state index >= 15 is 0 Å². The maximum atomic E-state index is 10.7. The van der Waals surface area contributed by atoms with Gasteiger partial charge in [-0.3, -0.25) is 4.79 Å². The SMILES string of the molecule is O=Cc1cc(C23CC(C2)C3)ccc1O. The van der Waals surface area contributed by atoms with E-state index in [1.165, 1.54) is 24.8 Å². The Labute approximate surface area is 82.6 Å². The summed E-state index contributed by atoms with van der Waals surface area (Å²) >= 11 is 0. The van der Waals surface area contributed by atoms with E-state index in [2.05, 4.69) is 0 Å². The molecule has 3 fully saturated rings. The molecular formula is C12H12O2. The molecule has 0 aromatic heterocycles. The topological polar surface area (TPSA) is 37.3 Å². The first kappa shape index (κ1) is 8.04. The van der Waals surface area contributed by atoms with Crippen LogP contribution in [0.4, 0.5) is 0 Å². The number of hydrogen-bond acceptors (Lipinski definition) is 2. The monoisotopic (exact) mass is 188 g/mol. The van der Waals surface area contributed by atoms with Crippen molar-refractivity contribution in [3.63, 3.8) is 0 Å². The number of carbonyl (C=O) groups is 1. The zero-order valence-corrected chi connectivity index (χ0v) is 7.86. The number of hydrogen-bond donors (Lipinski definition) is 1. The highest BCUT2D eigenvalue weighted by Gasteiger charge is 2.57. The van der Waals surface area contributed by atoms with Crippen molar-refractivity contribution < 1.29 is 9.90 Å². The summed E-state index contributed by atoms with van der Waals surface area (Å²) in [4.78, 5) is 10.7. The van der Waals surface area contributed by atoms with Crippen LogP contribution < -0.4 is 0 Å². The summed E-state index contributed by atoms with van der Waals surface area (Å²) in [7, 11) is 0. The van der Waals surface area contributed by atoms with E-state index in [0.717, 1.165) is 12.2 Å². The molecule has 14 heavy (non-hydrogen) atoms. The quantitative estimate of drug-likeness (QED) is 0.723. The van der Waals surface area contributed by atoms with Crippen LogP contribution in [0.15, 0.2) is 18.2 Å². The van der Waals surface area contributed by atoms with Crippen molar-refractivity contribution in [2.75, 3.05) is 0 Å². The second-order valence-corrected chi connectivity index (χ2v) is 4.65. The van der Waals surface area contributed by atoms with Crippen molar-refractivity contribution in [1.29, 1.82) is 0 Å². The zero-order chi connectivity index (χ0) is 9.76. The molecular weight excluding hydrogens is 176 g/mol. The van der Waals surface area contributed by atoms with Gasteiger partial charge in [0.25, 0.3) is 0 Å². The van der Waals surface area contributed by atoms with Gasteiger partial charge in [0, 0.05) is 0 Å². The fourth-order valence-corrected chi connectivity index (χ4v) is 2.81. The number of phenolic OH excluding ortho intramolecular Hbond substituents is 1. The van der Waals surface area contributed by atoms with Crippen molar-refractivity contribution in [3.05, 3.63) is 29.3 Å². The van der Waals surface area contributed by atoms with E-state index < -0.39 is 0 Å². The van der Waals surface area contributed by atoms with Crippen LogP contribution in [0.2, 0.25) is 0 Å². The Morgan fingerprint density at radius 1 is 1.36 bits per heavy atom. The normalized spacial score (nSPS) is 33.0. The fraction of sp³-hybridized carbons (Fsp3) is 0.417. The molecule has 0 spiro atoms. The van der Waals surface area contributed by atoms with E-state index in [9.17, 15) is 9.90 Å². The summed E-state index contributed by atoms with van der Waals surface area (Å²) in [5, 5.41) is 9.37. The van der Waals surface area contributed by atoms with E-state index in [4.69, 9.17) is 0 Å². The lowest BCUT2D eigenvalue weighted by Gasteiger charge is -2.62. The predicted octanol–water partition coefficient (Wildman–Crippen LogP) is 2.26. The molecule has 3 aliphatic carbocycles. The minimum absolute atomic E-state index is 0.0929. The highest BCUT2D eigenvalue weighted by atomic mass is 16.3. The molecule has 1 N–H and O–H groups in total. The molecule has 3 saturated carbocycles. The average Bonchev–Trinajstić information content (AvgIpc) is 2.02. The van der Waals surface area contributed by atoms with Gasteiger partial charge < -0.3 is 5.11 Å². The first-order chi connectivity index (χ1) is 6.73. The number of rotatable bonds is 2. The standard InChI is InChI=1S/C12H12O2/c13-7-9-3-10(1-2-11(9)14)12-4-8(5-12)6-12/h1-3,7-8,14H,4-6H2. The summed E-state index contributed by atoms with van der Waals surface area (Å²) in [5.74, 6) is 1.03. The Balaban J connectivity index is 2.02. The Morgan fingerprint density at radius 3 is 2.57 bits per heavy atom. The lowest BCUT2D eigenvalue weighted by atomic mass is 9.42. The molecule has 0 heterocycles. The average molecular weight is 188 g/mol. The van der Waals surface area contributed by atoms with E-state index in [1.54, 1.807) is 6.07 Å². The molecule has 1 aromatic rings. The molecule has 0 saturated heterocycles. The van der Waals surface area contributed by atoms with Gasteiger partial charge in [-0.15, -0.1) is 0 Å². The maximum absolute atomic E-state index is 10.7. The Kier molecular flexibility index (Phi) is 1.37. The molecule has 0 aliphatic heterocycles. The van der Waals surface area contributed by atoms with Gasteiger partial charge in [-0.25, -0.2) is 0 Å². The summed E-state index contributed by atoms with van der Waals surface area (Å²) in [6.07, 6.45) is 4.55. The molecule has 3 aliphatic rings. The predicted molar refractivity (Wildman–Crippen MR) is 52.5 cm³/mol. The second kappa shape index (κ2) is 2.38. The third kappa shape index (κ3) is 0.834. The first-order valence-electron chi connectivity index (χ1n) is 5.02. The molecule has 72 valence electrons. The third-order valence-electron chi connectivity index (χ3n) is 3.81. The van der Waals surface area contributed by atoms with Crippen LogP contribution in [0.25, 0.3) is 0 Å². The van der Waals surface area contributed by atoms with Gasteiger partial charge in [0.2, 0.25) is 0 Å². The van der Waals surface area contributed by atoms with Gasteiger partial charge in [-0.1, -0.05) is 6.07 Å². The van der Waals surface area contributed by atoms with Gasteiger partial charge in [0.1, 0.15) is 5.75 Å². The van der Waals surface area contributed by atoms with Gasteiger partial charge in [0.05, 0.1) is 5.56 Å². The zero-order valence-electron chi connectivity index (χ0n) is 7.86. The van der Waals surface area contributed by atoms with Crippen molar-refractivity contribution >= 4 is 6.29 Å². The first-order valence-corrected chi connectivity index (χ1v) is 5.02. The summed E-state index contributed by atoms with van der Waals surface area (Å²) < 4.78 is 0. The highest BCUT2D eigenvalue weighted by Crippen LogP contribution is 2.65. The van der Waals surface area contributed by atoms with Crippen molar-refractivity contribution in [2.45, 2.75) is 24.7 Å². The molecule has 0 amide bonds. The number of carbonyl (C=O) groups excluding carboxylic acids is 1. The van der Waals surface area contributed by atoms with Gasteiger partial charge in [-0.05, 0) is 48.3 Å². The van der Waals surface area contributed by atoms with Crippen LogP contribution in [0.5, 0.6) is 5.75 Å². The lowest BCUT2D eigenvalue weighted by molar-refractivity contribution is -0.0274. The number of aldehydes is 1.